The van der Waals surface area contributed by atoms with Gasteiger partial charge in [0.05, 0.1) is 0 Å². The van der Waals surface area contributed by atoms with Crippen molar-refractivity contribution in [3.8, 4) is 0 Å². The van der Waals surface area contributed by atoms with E-state index in [0.29, 0.717) is 11.5 Å². The van der Waals surface area contributed by atoms with E-state index in [0.717, 1.165) is 43.9 Å². The molecule has 1 N–H and O–H groups in total. The largest absolute Gasteiger partial charge is 0.381 e. The van der Waals surface area contributed by atoms with Crippen LogP contribution in [0.3, 0.4) is 0 Å². The van der Waals surface area contributed by atoms with Gasteiger partial charge in [-0.05, 0) is 55.4 Å². The number of nitrogens with one attached hydrogen (secondary N) is 1. The molecule has 0 spiro atoms. The van der Waals surface area contributed by atoms with Crippen molar-refractivity contribution in [2.75, 3.05) is 19.8 Å². The fourth-order valence-corrected chi connectivity index (χ4v) is 3.35. The highest BCUT2D eigenvalue weighted by Gasteiger charge is 2.35. The van der Waals surface area contributed by atoms with Gasteiger partial charge in [0.25, 0.3) is 0 Å². The van der Waals surface area contributed by atoms with Crippen LogP contribution in [0.1, 0.15) is 67.2 Å². The molecule has 0 amide bonds. The first-order chi connectivity index (χ1) is 9.34. The Morgan fingerprint density at radius 3 is 2.40 bits per heavy atom. The van der Waals surface area contributed by atoms with Gasteiger partial charge in [-0.1, -0.05) is 41.5 Å². The van der Waals surface area contributed by atoms with Gasteiger partial charge in [0.1, 0.15) is 0 Å². The summed E-state index contributed by atoms with van der Waals surface area (Å²) in [6, 6.07) is 0.590. The molecule has 1 aliphatic carbocycles. The van der Waals surface area contributed by atoms with Gasteiger partial charge in [0, 0.05) is 19.3 Å². The van der Waals surface area contributed by atoms with Crippen LogP contribution in [-0.2, 0) is 4.74 Å². The molecule has 0 aromatic carbocycles. The molecule has 0 bridgehead atoms. The topological polar surface area (TPSA) is 21.3 Å². The lowest BCUT2D eigenvalue weighted by molar-refractivity contribution is 0.0224. The zero-order valence-electron chi connectivity index (χ0n) is 14.7. The monoisotopic (exact) mass is 283 g/mol. The highest BCUT2D eigenvalue weighted by atomic mass is 16.5. The first kappa shape index (κ1) is 18.0. The lowest BCUT2D eigenvalue weighted by atomic mass is 9.65. The summed E-state index contributed by atoms with van der Waals surface area (Å²) < 4.78 is 5.89. The SMILES string of the molecule is CCCOCC1CC(C(C)(C)C)CCC1CNC(C)C. The number of hydrogen-bond acceptors (Lipinski definition) is 2. The molecule has 2 heteroatoms. The quantitative estimate of drug-likeness (QED) is 0.695. The van der Waals surface area contributed by atoms with E-state index in [1.54, 1.807) is 0 Å². The van der Waals surface area contributed by atoms with Crippen LogP contribution in [0.25, 0.3) is 0 Å². The van der Waals surface area contributed by atoms with Crippen LogP contribution in [0, 0.1) is 23.2 Å². The lowest BCUT2D eigenvalue weighted by Gasteiger charge is -2.42. The van der Waals surface area contributed by atoms with Crippen molar-refractivity contribution in [1.82, 2.24) is 5.32 Å². The standard InChI is InChI=1S/C18H37NO/c1-7-10-20-13-16-11-17(18(4,5)6)9-8-15(16)12-19-14(2)3/h14-17,19H,7-13H2,1-6H3. The molecule has 120 valence electrons. The lowest BCUT2D eigenvalue weighted by Crippen LogP contribution is -2.40. The Morgan fingerprint density at radius 1 is 1.15 bits per heavy atom. The normalized spacial score (nSPS) is 28.1. The Balaban J connectivity index is 2.55. The van der Waals surface area contributed by atoms with Gasteiger partial charge < -0.3 is 10.1 Å². The van der Waals surface area contributed by atoms with Crippen LogP contribution in [-0.4, -0.2) is 25.8 Å². The summed E-state index contributed by atoms with van der Waals surface area (Å²) in [7, 11) is 0. The van der Waals surface area contributed by atoms with Crippen molar-refractivity contribution < 1.29 is 4.74 Å². The summed E-state index contributed by atoms with van der Waals surface area (Å²) in [6.07, 6.45) is 5.22. The maximum Gasteiger partial charge on any atom is 0.0497 e. The van der Waals surface area contributed by atoms with E-state index in [9.17, 15) is 0 Å². The van der Waals surface area contributed by atoms with Crippen LogP contribution < -0.4 is 5.32 Å². The van der Waals surface area contributed by atoms with Gasteiger partial charge in [0.15, 0.2) is 0 Å². The van der Waals surface area contributed by atoms with E-state index in [1.165, 1.54) is 19.3 Å². The highest BCUT2D eigenvalue weighted by Crippen LogP contribution is 2.42. The summed E-state index contributed by atoms with van der Waals surface area (Å²) >= 11 is 0. The molecular weight excluding hydrogens is 246 g/mol. The minimum Gasteiger partial charge on any atom is -0.381 e. The van der Waals surface area contributed by atoms with Crippen molar-refractivity contribution >= 4 is 0 Å². The molecule has 1 saturated carbocycles. The van der Waals surface area contributed by atoms with Gasteiger partial charge in [-0.25, -0.2) is 0 Å². The van der Waals surface area contributed by atoms with Crippen molar-refractivity contribution in [2.24, 2.45) is 23.2 Å². The molecule has 0 aliphatic heterocycles. The molecule has 0 heterocycles. The Hall–Kier alpha value is -0.0800. The van der Waals surface area contributed by atoms with Crippen LogP contribution in [0.5, 0.6) is 0 Å². The van der Waals surface area contributed by atoms with Crippen molar-refractivity contribution in [2.45, 2.75) is 73.3 Å². The third kappa shape index (κ3) is 6.13. The summed E-state index contributed by atoms with van der Waals surface area (Å²) in [6.45, 7) is 16.9. The number of ether oxygens (including phenoxy) is 1. The second kappa shape index (κ2) is 8.38. The second-order valence-corrected chi connectivity index (χ2v) is 8.03. The first-order valence-electron chi connectivity index (χ1n) is 8.65. The molecule has 0 saturated heterocycles. The third-order valence-corrected chi connectivity index (χ3v) is 4.83. The van der Waals surface area contributed by atoms with Gasteiger partial charge in [-0.2, -0.15) is 0 Å². The van der Waals surface area contributed by atoms with Crippen LogP contribution in [0.15, 0.2) is 0 Å². The summed E-state index contributed by atoms with van der Waals surface area (Å²) in [4.78, 5) is 0. The van der Waals surface area contributed by atoms with Gasteiger partial charge in [-0.15, -0.1) is 0 Å². The Morgan fingerprint density at radius 2 is 1.85 bits per heavy atom. The first-order valence-corrected chi connectivity index (χ1v) is 8.65. The third-order valence-electron chi connectivity index (χ3n) is 4.83. The van der Waals surface area contributed by atoms with Gasteiger partial charge >= 0.3 is 0 Å². The minimum absolute atomic E-state index is 0.444. The number of rotatable bonds is 7. The second-order valence-electron chi connectivity index (χ2n) is 8.03. The van der Waals surface area contributed by atoms with E-state index in [-0.39, 0.29) is 0 Å². The van der Waals surface area contributed by atoms with Gasteiger partial charge in [-0.3, -0.25) is 0 Å². The average molecular weight is 284 g/mol. The molecule has 3 unspecified atom stereocenters. The maximum absolute atomic E-state index is 5.89. The van der Waals surface area contributed by atoms with E-state index < -0.39 is 0 Å². The molecule has 1 rings (SSSR count). The Kier molecular flexibility index (Phi) is 7.53. The molecule has 1 aliphatic rings. The van der Waals surface area contributed by atoms with Crippen LogP contribution >= 0.6 is 0 Å². The predicted octanol–water partition coefficient (Wildman–Crippen LogP) is 4.49. The predicted molar refractivity (Wildman–Crippen MR) is 88.0 cm³/mol. The maximum atomic E-state index is 5.89. The smallest absolute Gasteiger partial charge is 0.0497 e. The van der Waals surface area contributed by atoms with E-state index >= 15 is 0 Å². The highest BCUT2D eigenvalue weighted by molar-refractivity contribution is 4.86. The average Bonchev–Trinajstić information content (AvgIpc) is 2.36. The zero-order chi connectivity index (χ0) is 15.2. The van der Waals surface area contributed by atoms with E-state index in [2.05, 4.69) is 46.9 Å². The van der Waals surface area contributed by atoms with Crippen molar-refractivity contribution in [1.29, 1.82) is 0 Å². The van der Waals surface area contributed by atoms with Crippen molar-refractivity contribution in [3.05, 3.63) is 0 Å². The fourth-order valence-electron chi connectivity index (χ4n) is 3.35. The van der Waals surface area contributed by atoms with E-state index in [4.69, 9.17) is 4.74 Å². The fraction of sp³-hybridized carbons (Fsp3) is 1.00. The Bertz CT molecular complexity index is 257. The molecule has 3 atom stereocenters. The van der Waals surface area contributed by atoms with E-state index in [1.807, 2.05) is 0 Å². The molecule has 0 aromatic heterocycles. The van der Waals surface area contributed by atoms with Crippen LogP contribution in [0.4, 0.5) is 0 Å². The molecule has 2 nitrogen and oxygen atoms in total. The molecule has 20 heavy (non-hydrogen) atoms. The Labute approximate surface area is 127 Å². The molecular formula is C18H37NO. The van der Waals surface area contributed by atoms with Gasteiger partial charge in [0.2, 0.25) is 0 Å². The summed E-state index contributed by atoms with van der Waals surface area (Å²) in [5.74, 6) is 2.40. The zero-order valence-corrected chi connectivity index (χ0v) is 14.7. The molecule has 0 aromatic rings. The van der Waals surface area contributed by atoms with Crippen molar-refractivity contribution in [3.63, 3.8) is 0 Å². The summed E-state index contributed by atoms with van der Waals surface area (Å²) in [5, 5.41) is 3.63. The van der Waals surface area contributed by atoms with Crippen LogP contribution in [0.2, 0.25) is 0 Å². The number of hydrogen-bond donors (Lipinski definition) is 1. The summed E-state index contributed by atoms with van der Waals surface area (Å²) in [5.41, 5.74) is 0.444. The minimum atomic E-state index is 0.444. The molecule has 0 radical (unpaired) electrons. The molecule has 1 fully saturated rings.